The monoisotopic (exact) mass is 398 g/mol. The lowest BCUT2D eigenvalue weighted by Gasteiger charge is -2.14. The van der Waals surface area contributed by atoms with Crippen LogP contribution in [0.4, 0.5) is 8.78 Å². The largest absolute Gasteiger partial charge is 0.346 e. The van der Waals surface area contributed by atoms with Crippen molar-refractivity contribution in [1.29, 1.82) is 0 Å². The molecule has 1 heterocycles. The van der Waals surface area contributed by atoms with Gasteiger partial charge in [0.15, 0.2) is 0 Å². The molecule has 0 radical (unpaired) electrons. The first kappa shape index (κ1) is 19.7. The fraction of sp³-hybridized carbons (Fsp3) is 0.0909. The summed E-state index contributed by atoms with van der Waals surface area (Å²) in [7, 11) is 0. The maximum absolute atomic E-state index is 13.2. The molecule has 0 saturated heterocycles. The van der Waals surface area contributed by atoms with Crippen molar-refractivity contribution in [2.45, 2.75) is 13.0 Å². The Morgan fingerprint density at radius 1 is 1.07 bits per heavy atom. The molecule has 0 aliphatic carbocycles. The Balaban J connectivity index is 1.69. The molecule has 3 aromatic rings. The van der Waals surface area contributed by atoms with Crippen molar-refractivity contribution in [1.82, 2.24) is 10.3 Å². The fourth-order valence-corrected chi connectivity index (χ4v) is 2.83. The number of nitrogens with zero attached hydrogens (tertiary/aromatic N) is 1. The van der Waals surface area contributed by atoms with Crippen LogP contribution in [-0.2, 0) is 4.79 Å². The molecule has 6 heteroatoms. The van der Waals surface area contributed by atoms with E-state index >= 15 is 0 Å². The van der Waals surface area contributed by atoms with Crippen molar-refractivity contribution in [3.8, 4) is 11.1 Å². The SMILES string of the molecule is C[C@H](NC(=O)C=Cc1cc(F)cc(F)c1)c1cccc(-c2ccc(Cl)nc2)c1. The van der Waals surface area contributed by atoms with Crippen LogP contribution in [0.15, 0.2) is 66.9 Å². The van der Waals surface area contributed by atoms with Crippen LogP contribution in [0, 0.1) is 11.6 Å². The molecule has 3 nitrogen and oxygen atoms in total. The van der Waals surface area contributed by atoms with Gasteiger partial charge in [0.2, 0.25) is 5.91 Å². The molecular formula is C22H17ClF2N2O. The van der Waals surface area contributed by atoms with Crippen molar-refractivity contribution in [3.63, 3.8) is 0 Å². The summed E-state index contributed by atoms with van der Waals surface area (Å²) < 4.78 is 26.4. The van der Waals surface area contributed by atoms with Crippen LogP contribution in [0.5, 0.6) is 0 Å². The van der Waals surface area contributed by atoms with E-state index < -0.39 is 11.6 Å². The molecule has 0 spiro atoms. The van der Waals surface area contributed by atoms with Crippen LogP contribution in [0.1, 0.15) is 24.1 Å². The standard InChI is InChI=1S/C22H17ClF2N2O/c1-14(27-22(28)8-5-15-9-19(24)12-20(25)10-15)16-3-2-4-17(11-16)18-6-7-21(23)26-13-18/h2-14H,1H3,(H,27,28)/t14-/m0/s1. The van der Waals surface area contributed by atoms with Crippen molar-refractivity contribution in [2.75, 3.05) is 0 Å². The summed E-state index contributed by atoms with van der Waals surface area (Å²) in [5.41, 5.74) is 3.05. The normalized spacial score (nSPS) is 12.1. The summed E-state index contributed by atoms with van der Waals surface area (Å²) in [6.45, 7) is 1.85. The second-order valence-electron chi connectivity index (χ2n) is 6.26. The zero-order chi connectivity index (χ0) is 20.1. The van der Waals surface area contributed by atoms with Crippen LogP contribution in [0.2, 0.25) is 5.15 Å². The molecule has 0 aliphatic heterocycles. The van der Waals surface area contributed by atoms with E-state index in [-0.39, 0.29) is 17.5 Å². The summed E-state index contributed by atoms with van der Waals surface area (Å²) in [5.74, 6) is -1.75. The lowest BCUT2D eigenvalue weighted by atomic mass is 10.0. The smallest absolute Gasteiger partial charge is 0.244 e. The van der Waals surface area contributed by atoms with Gasteiger partial charge in [-0.3, -0.25) is 4.79 Å². The van der Waals surface area contributed by atoms with Gasteiger partial charge in [0, 0.05) is 23.9 Å². The van der Waals surface area contributed by atoms with Crippen molar-refractivity contribution >= 4 is 23.6 Å². The molecule has 0 bridgehead atoms. The Labute approximate surface area is 166 Å². The molecule has 1 atom stereocenters. The van der Waals surface area contributed by atoms with E-state index in [1.54, 1.807) is 12.3 Å². The molecular weight excluding hydrogens is 382 g/mol. The fourth-order valence-electron chi connectivity index (χ4n) is 2.72. The van der Waals surface area contributed by atoms with Gasteiger partial charge in [-0.05, 0) is 60.0 Å². The predicted molar refractivity (Wildman–Crippen MR) is 107 cm³/mol. The lowest BCUT2D eigenvalue weighted by Crippen LogP contribution is -2.24. The predicted octanol–water partition coefficient (Wildman–Crippen LogP) is 5.57. The summed E-state index contributed by atoms with van der Waals surface area (Å²) in [6.07, 6.45) is 4.30. The molecule has 0 saturated carbocycles. The molecule has 0 aliphatic rings. The molecule has 1 amide bonds. The van der Waals surface area contributed by atoms with Gasteiger partial charge in [0.25, 0.3) is 0 Å². The van der Waals surface area contributed by atoms with E-state index in [9.17, 15) is 13.6 Å². The van der Waals surface area contributed by atoms with E-state index in [1.807, 2.05) is 37.3 Å². The highest BCUT2D eigenvalue weighted by Gasteiger charge is 2.09. The van der Waals surface area contributed by atoms with E-state index in [0.29, 0.717) is 5.15 Å². The number of pyridine rings is 1. The number of hydrogen-bond acceptors (Lipinski definition) is 2. The third-order valence-electron chi connectivity index (χ3n) is 4.12. The maximum atomic E-state index is 13.2. The zero-order valence-electron chi connectivity index (χ0n) is 15.0. The van der Waals surface area contributed by atoms with E-state index in [1.165, 1.54) is 12.2 Å². The molecule has 3 rings (SSSR count). The van der Waals surface area contributed by atoms with Gasteiger partial charge < -0.3 is 5.32 Å². The highest BCUT2D eigenvalue weighted by molar-refractivity contribution is 6.29. The van der Waals surface area contributed by atoms with Gasteiger partial charge in [-0.1, -0.05) is 29.8 Å². The van der Waals surface area contributed by atoms with E-state index in [4.69, 9.17) is 11.6 Å². The minimum Gasteiger partial charge on any atom is -0.346 e. The Morgan fingerprint density at radius 3 is 2.50 bits per heavy atom. The number of hydrogen-bond donors (Lipinski definition) is 1. The third-order valence-corrected chi connectivity index (χ3v) is 4.34. The number of benzene rings is 2. The maximum Gasteiger partial charge on any atom is 0.244 e. The van der Waals surface area contributed by atoms with E-state index in [0.717, 1.165) is 34.9 Å². The van der Waals surface area contributed by atoms with Gasteiger partial charge in [-0.2, -0.15) is 0 Å². The molecule has 0 fully saturated rings. The minimum atomic E-state index is -0.693. The molecule has 28 heavy (non-hydrogen) atoms. The summed E-state index contributed by atoms with van der Waals surface area (Å²) in [4.78, 5) is 16.2. The van der Waals surface area contributed by atoms with Crippen LogP contribution in [0.25, 0.3) is 17.2 Å². The topological polar surface area (TPSA) is 42.0 Å². The average Bonchev–Trinajstić information content (AvgIpc) is 2.66. The first-order valence-corrected chi connectivity index (χ1v) is 8.95. The number of aromatic nitrogens is 1. The third kappa shape index (κ3) is 5.24. The summed E-state index contributed by atoms with van der Waals surface area (Å²) >= 11 is 5.82. The van der Waals surface area contributed by atoms with Crippen molar-refractivity contribution in [3.05, 3.63) is 94.8 Å². The Hall–Kier alpha value is -3.05. The highest BCUT2D eigenvalue weighted by Crippen LogP contribution is 2.23. The Kier molecular flexibility index (Phi) is 6.16. The first-order chi connectivity index (χ1) is 13.4. The number of halogens is 3. The molecule has 1 N–H and O–H groups in total. The van der Waals surface area contributed by atoms with Gasteiger partial charge in [-0.25, -0.2) is 13.8 Å². The van der Waals surface area contributed by atoms with Crippen LogP contribution in [-0.4, -0.2) is 10.9 Å². The van der Waals surface area contributed by atoms with Crippen LogP contribution >= 0.6 is 11.6 Å². The van der Waals surface area contributed by atoms with Gasteiger partial charge in [0.05, 0.1) is 6.04 Å². The molecule has 142 valence electrons. The number of carbonyl (C=O) groups excluding carboxylic acids is 1. The first-order valence-electron chi connectivity index (χ1n) is 8.57. The zero-order valence-corrected chi connectivity index (χ0v) is 15.8. The number of amides is 1. The second-order valence-corrected chi connectivity index (χ2v) is 6.65. The second kappa shape index (κ2) is 8.76. The Morgan fingerprint density at radius 2 is 1.82 bits per heavy atom. The van der Waals surface area contributed by atoms with E-state index in [2.05, 4.69) is 10.3 Å². The van der Waals surface area contributed by atoms with Gasteiger partial charge >= 0.3 is 0 Å². The van der Waals surface area contributed by atoms with Crippen LogP contribution in [0.3, 0.4) is 0 Å². The lowest BCUT2D eigenvalue weighted by molar-refractivity contribution is -0.117. The number of carbonyl (C=O) groups is 1. The van der Waals surface area contributed by atoms with Gasteiger partial charge in [0.1, 0.15) is 16.8 Å². The summed E-state index contributed by atoms with van der Waals surface area (Å²) in [5, 5.41) is 3.26. The van der Waals surface area contributed by atoms with Gasteiger partial charge in [-0.15, -0.1) is 0 Å². The molecule has 1 aromatic heterocycles. The Bertz CT molecular complexity index is 999. The highest BCUT2D eigenvalue weighted by atomic mass is 35.5. The molecule has 2 aromatic carbocycles. The number of nitrogens with one attached hydrogen (secondary N) is 1. The summed E-state index contributed by atoms with van der Waals surface area (Å²) in [6, 6.07) is 14.1. The van der Waals surface area contributed by atoms with Crippen LogP contribution < -0.4 is 5.32 Å². The number of rotatable bonds is 5. The average molecular weight is 399 g/mol. The van der Waals surface area contributed by atoms with Crippen molar-refractivity contribution in [2.24, 2.45) is 0 Å². The minimum absolute atomic E-state index is 0.262. The van der Waals surface area contributed by atoms with Crippen molar-refractivity contribution < 1.29 is 13.6 Å². The quantitative estimate of drug-likeness (QED) is 0.451. The molecule has 0 unspecified atom stereocenters.